The van der Waals surface area contributed by atoms with Crippen LogP contribution in [0.2, 0.25) is 0 Å². The van der Waals surface area contributed by atoms with Gasteiger partial charge in [-0.3, -0.25) is 14.4 Å². The number of likely N-dealkylation sites (tertiary alicyclic amines) is 1. The number of hydrogen-bond donors (Lipinski definition) is 2. The van der Waals surface area contributed by atoms with Gasteiger partial charge in [-0.15, -0.1) is 0 Å². The largest absolute Gasteiger partial charge is 0.332 e. The Hall–Kier alpha value is -2.92. The van der Waals surface area contributed by atoms with Crippen LogP contribution in [0.15, 0.2) is 24.3 Å². The number of nitrogens with two attached hydrogens (primary N) is 1. The summed E-state index contributed by atoms with van der Waals surface area (Å²) in [7, 11) is 1.57. The molecule has 2 heterocycles. The molecule has 1 spiro atoms. The zero-order valence-corrected chi connectivity index (χ0v) is 17.9. The van der Waals surface area contributed by atoms with Gasteiger partial charge >= 0.3 is 0 Å². The highest BCUT2D eigenvalue weighted by molar-refractivity contribution is 6.07. The van der Waals surface area contributed by atoms with E-state index in [4.69, 9.17) is 5.73 Å². The predicted molar refractivity (Wildman–Crippen MR) is 112 cm³/mol. The molecule has 1 aromatic carbocycles. The molecule has 8 heteroatoms. The van der Waals surface area contributed by atoms with E-state index in [-0.39, 0.29) is 36.6 Å². The molecule has 30 heavy (non-hydrogen) atoms. The van der Waals surface area contributed by atoms with Gasteiger partial charge in [0.05, 0.1) is 17.5 Å². The van der Waals surface area contributed by atoms with E-state index in [0.29, 0.717) is 6.42 Å². The highest BCUT2D eigenvalue weighted by Gasteiger charge is 2.56. The normalized spacial score (nSPS) is 24.4. The third kappa shape index (κ3) is 3.54. The van der Waals surface area contributed by atoms with Crippen LogP contribution in [0, 0.1) is 17.2 Å². The van der Waals surface area contributed by atoms with E-state index in [1.54, 1.807) is 14.0 Å². The second-order valence-corrected chi connectivity index (χ2v) is 8.78. The summed E-state index contributed by atoms with van der Waals surface area (Å²) < 4.78 is 0. The van der Waals surface area contributed by atoms with Crippen LogP contribution < -0.4 is 11.1 Å². The van der Waals surface area contributed by atoms with Gasteiger partial charge in [0.15, 0.2) is 0 Å². The average molecular weight is 412 g/mol. The van der Waals surface area contributed by atoms with Gasteiger partial charge in [0.2, 0.25) is 17.7 Å². The van der Waals surface area contributed by atoms with E-state index < -0.39 is 23.5 Å². The SMILES string of the molecule is CC(C)C[C@@H](C(=O)N1C[C@]2(C[C@H]1C#N)C(=O)Nc1ccccc12)N(C)C(=O)[C@H](C)N. The third-order valence-electron chi connectivity index (χ3n) is 6.10. The number of amides is 3. The first-order chi connectivity index (χ1) is 14.1. The van der Waals surface area contributed by atoms with Crippen molar-refractivity contribution in [1.82, 2.24) is 9.80 Å². The van der Waals surface area contributed by atoms with E-state index in [2.05, 4.69) is 11.4 Å². The molecular formula is C22H29N5O3. The second kappa shape index (κ2) is 8.07. The van der Waals surface area contributed by atoms with Crippen LogP contribution >= 0.6 is 0 Å². The first kappa shape index (κ1) is 21.8. The maximum atomic E-state index is 13.6. The number of nitriles is 1. The Kier molecular flexibility index (Phi) is 5.86. The maximum absolute atomic E-state index is 13.6. The molecule has 0 saturated carbocycles. The van der Waals surface area contributed by atoms with Crippen LogP contribution in [-0.4, -0.2) is 59.2 Å². The highest BCUT2D eigenvalue weighted by Crippen LogP contribution is 2.46. The summed E-state index contributed by atoms with van der Waals surface area (Å²) in [6.07, 6.45) is 0.676. The summed E-state index contributed by atoms with van der Waals surface area (Å²) in [5.74, 6) is -0.698. The Labute approximate surface area is 177 Å². The van der Waals surface area contributed by atoms with Crippen molar-refractivity contribution in [3.05, 3.63) is 29.8 Å². The van der Waals surface area contributed by atoms with Crippen molar-refractivity contribution in [2.45, 2.75) is 57.2 Å². The zero-order chi connectivity index (χ0) is 22.2. The van der Waals surface area contributed by atoms with Crippen molar-refractivity contribution in [2.24, 2.45) is 11.7 Å². The molecule has 2 aliphatic heterocycles. The number of benzene rings is 1. The quantitative estimate of drug-likeness (QED) is 0.755. The number of carbonyl (C=O) groups is 3. The number of rotatable bonds is 5. The summed E-state index contributed by atoms with van der Waals surface area (Å²) in [6.45, 7) is 5.64. The number of anilines is 1. The summed E-state index contributed by atoms with van der Waals surface area (Å²) in [5, 5.41) is 12.7. The van der Waals surface area contributed by atoms with Crippen molar-refractivity contribution in [3.63, 3.8) is 0 Å². The molecule has 4 atom stereocenters. The molecule has 1 aromatic rings. The topological polar surface area (TPSA) is 120 Å². The fourth-order valence-electron chi connectivity index (χ4n) is 4.52. The Balaban J connectivity index is 1.95. The van der Waals surface area contributed by atoms with Crippen molar-refractivity contribution < 1.29 is 14.4 Å². The Morgan fingerprint density at radius 2 is 2.03 bits per heavy atom. The maximum Gasteiger partial charge on any atom is 0.246 e. The van der Waals surface area contributed by atoms with Crippen molar-refractivity contribution in [1.29, 1.82) is 5.26 Å². The Morgan fingerprint density at radius 1 is 1.37 bits per heavy atom. The number of hydrogen-bond acceptors (Lipinski definition) is 5. The van der Waals surface area contributed by atoms with Crippen LogP contribution in [0.3, 0.4) is 0 Å². The number of nitrogens with one attached hydrogen (secondary N) is 1. The van der Waals surface area contributed by atoms with Crippen LogP contribution in [0.4, 0.5) is 5.69 Å². The van der Waals surface area contributed by atoms with E-state index in [1.807, 2.05) is 38.1 Å². The lowest BCUT2D eigenvalue weighted by Crippen LogP contribution is -2.54. The molecule has 3 rings (SSSR count). The van der Waals surface area contributed by atoms with Gasteiger partial charge < -0.3 is 20.9 Å². The number of para-hydroxylation sites is 1. The van der Waals surface area contributed by atoms with Gasteiger partial charge in [0.1, 0.15) is 12.1 Å². The molecular weight excluding hydrogens is 382 g/mol. The summed E-state index contributed by atoms with van der Waals surface area (Å²) in [5.41, 5.74) is 6.34. The van der Waals surface area contributed by atoms with E-state index in [1.165, 1.54) is 9.80 Å². The van der Waals surface area contributed by atoms with E-state index in [0.717, 1.165) is 11.3 Å². The lowest BCUT2D eigenvalue weighted by atomic mass is 9.80. The Morgan fingerprint density at radius 3 is 2.63 bits per heavy atom. The first-order valence-corrected chi connectivity index (χ1v) is 10.3. The second-order valence-electron chi connectivity index (χ2n) is 8.78. The lowest BCUT2D eigenvalue weighted by molar-refractivity contribution is -0.145. The highest BCUT2D eigenvalue weighted by atomic mass is 16.2. The molecule has 1 fully saturated rings. The molecule has 0 unspecified atom stereocenters. The first-order valence-electron chi connectivity index (χ1n) is 10.3. The average Bonchev–Trinajstić information content (AvgIpc) is 3.23. The molecule has 1 saturated heterocycles. The van der Waals surface area contributed by atoms with Crippen LogP contribution in [-0.2, 0) is 19.8 Å². The molecule has 0 aliphatic carbocycles. The minimum Gasteiger partial charge on any atom is -0.332 e. The standard InChI is InChI=1S/C22H29N5O3/c1-13(2)9-18(26(4)19(28)14(3)24)20(29)27-12-22(10-15(27)11-23)16-7-5-6-8-17(16)25-21(22)30/h5-8,13-15,18H,9-10,12,24H2,1-4H3,(H,25,30)/t14-,15-,18-,22-/m0/s1. The van der Waals surface area contributed by atoms with Gasteiger partial charge in [-0.25, -0.2) is 0 Å². The van der Waals surface area contributed by atoms with Gasteiger partial charge in [0.25, 0.3) is 0 Å². The summed E-state index contributed by atoms with van der Waals surface area (Å²) >= 11 is 0. The number of fused-ring (bicyclic) bond motifs is 2. The molecule has 160 valence electrons. The van der Waals surface area contributed by atoms with Gasteiger partial charge in [0, 0.05) is 25.7 Å². The van der Waals surface area contributed by atoms with Crippen molar-refractivity contribution >= 4 is 23.4 Å². The number of carbonyl (C=O) groups excluding carboxylic acids is 3. The predicted octanol–water partition coefficient (Wildman–Crippen LogP) is 1.22. The fraction of sp³-hybridized carbons (Fsp3) is 0.545. The van der Waals surface area contributed by atoms with Gasteiger partial charge in [-0.2, -0.15) is 5.26 Å². The number of likely N-dealkylation sites (N-methyl/N-ethyl adjacent to an activating group) is 1. The monoisotopic (exact) mass is 411 g/mol. The number of nitrogens with zero attached hydrogens (tertiary/aromatic N) is 3. The minimum atomic E-state index is -0.946. The molecule has 8 nitrogen and oxygen atoms in total. The fourth-order valence-corrected chi connectivity index (χ4v) is 4.52. The molecule has 0 aromatic heterocycles. The van der Waals surface area contributed by atoms with Gasteiger partial charge in [-0.1, -0.05) is 32.0 Å². The summed E-state index contributed by atoms with van der Waals surface area (Å²) in [4.78, 5) is 41.9. The molecule has 3 N–H and O–H groups in total. The van der Waals surface area contributed by atoms with Gasteiger partial charge in [-0.05, 0) is 30.9 Å². The van der Waals surface area contributed by atoms with E-state index >= 15 is 0 Å². The molecule has 0 bridgehead atoms. The Bertz CT molecular complexity index is 906. The van der Waals surface area contributed by atoms with Crippen molar-refractivity contribution in [3.8, 4) is 6.07 Å². The van der Waals surface area contributed by atoms with Crippen LogP contribution in [0.25, 0.3) is 0 Å². The smallest absolute Gasteiger partial charge is 0.246 e. The molecule has 2 aliphatic rings. The van der Waals surface area contributed by atoms with Crippen LogP contribution in [0.5, 0.6) is 0 Å². The summed E-state index contributed by atoms with van der Waals surface area (Å²) in [6, 6.07) is 7.35. The third-order valence-corrected chi connectivity index (χ3v) is 6.10. The molecule has 0 radical (unpaired) electrons. The van der Waals surface area contributed by atoms with E-state index in [9.17, 15) is 19.6 Å². The minimum absolute atomic E-state index is 0.113. The molecule has 3 amide bonds. The zero-order valence-electron chi connectivity index (χ0n) is 17.9. The van der Waals surface area contributed by atoms with Crippen LogP contribution in [0.1, 0.15) is 39.2 Å². The van der Waals surface area contributed by atoms with Crippen molar-refractivity contribution in [2.75, 3.05) is 18.9 Å². The lowest BCUT2D eigenvalue weighted by Gasteiger charge is -2.34.